The largest absolute Gasteiger partial charge is 0.697 e. The topological polar surface area (TPSA) is 71.1 Å². The minimum absolute atomic E-state index is 0.440. The van der Waals surface area contributed by atoms with Gasteiger partial charge in [0.1, 0.15) is 26.4 Å². The first kappa shape index (κ1) is 22.9. The molecule has 0 N–H and O–H groups in total. The molecule has 0 spiro atoms. The Balaban J connectivity index is -0.000000219. The molecule has 0 aliphatic rings. The van der Waals surface area contributed by atoms with Crippen LogP contribution < -0.4 is 0 Å². The molecule has 8 heteroatoms. The summed E-state index contributed by atoms with van der Waals surface area (Å²) < 4.78 is 39.0. The second kappa shape index (κ2) is 22.0. The lowest BCUT2D eigenvalue weighted by Gasteiger charge is -1.79. The van der Waals surface area contributed by atoms with Crippen LogP contribution in [0.5, 0.6) is 0 Å². The summed E-state index contributed by atoms with van der Waals surface area (Å²) in [5, 5.41) is 0. The zero-order chi connectivity index (χ0) is 14.8. The highest BCUT2D eigenvalue weighted by molar-refractivity contribution is 7.33. The maximum atomic E-state index is 10.3. The van der Waals surface area contributed by atoms with E-state index in [2.05, 4.69) is 31.3 Å². The summed E-state index contributed by atoms with van der Waals surface area (Å²) in [6.07, 6.45) is 0. The molecule has 0 rings (SSSR count). The summed E-state index contributed by atoms with van der Waals surface area (Å²) in [6.45, 7) is 14.8. The van der Waals surface area contributed by atoms with E-state index in [1.807, 2.05) is 0 Å². The van der Waals surface area contributed by atoms with Gasteiger partial charge >= 0.3 is 16.5 Å². The zero-order valence-electron chi connectivity index (χ0n) is 11.6. The Morgan fingerprint density at radius 3 is 0.944 bits per heavy atom. The van der Waals surface area contributed by atoms with Gasteiger partial charge in [-0.25, -0.2) is 0 Å². The van der Waals surface area contributed by atoms with Crippen molar-refractivity contribution in [1.82, 2.24) is 0 Å². The zero-order valence-corrected chi connectivity index (χ0v) is 13.4. The van der Waals surface area contributed by atoms with E-state index in [1.54, 1.807) is 27.7 Å². The Hall–Kier alpha value is -0.220. The molecule has 0 aromatic rings. The second-order valence-corrected chi connectivity index (χ2v) is 4.05. The molecular weight excluding hydrogens is 278 g/mol. The maximum absolute atomic E-state index is 10.3. The van der Waals surface area contributed by atoms with Gasteiger partial charge in [-0.2, -0.15) is 0 Å². The van der Waals surface area contributed by atoms with Crippen LogP contribution in [-0.4, -0.2) is 26.4 Å². The molecular formula is C10H24O6P2+2. The minimum Gasteiger partial charge on any atom is -0.119 e. The molecule has 0 fully saturated rings. The molecule has 18 heavy (non-hydrogen) atoms. The fraction of sp³-hybridized carbons (Fsp3) is 0.800. The Morgan fingerprint density at radius 2 is 0.833 bits per heavy atom. The molecule has 0 aromatic heterocycles. The standard InChI is InChI=1S/2C4H10O3P.C2H4/c2*1-3-6-8(5)7-4-2;1-2/h2*3-4H2,1-2H3;1-2H2/q2*+1;. The highest BCUT2D eigenvalue weighted by Gasteiger charge is 2.16. The summed E-state index contributed by atoms with van der Waals surface area (Å²) in [7, 11) is -3.66. The minimum atomic E-state index is -1.83. The average molecular weight is 302 g/mol. The summed E-state index contributed by atoms with van der Waals surface area (Å²) in [5.41, 5.74) is 0. The number of hydrogen-bond donors (Lipinski definition) is 0. The quantitative estimate of drug-likeness (QED) is 0.493. The van der Waals surface area contributed by atoms with Crippen molar-refractivity contribution < 1.29 is 27.2 Å². The van der Waals surface area contributed by atoms with Crippen molar-refractivity contribution in [3.8, 4) is 0 Å². The monoisotopic (exact) mass is 302 g/mol. The van der Waals surface area contributed by atoms with Crippen molar-refractivity contribution in [3.63, 3.8) is 0 Å². The van der Waals surface area contributed by atoms with E-state index in [0.29, 0.717) is 26.4 Å². The molecule has 0 radical (unpaired) electrons. The maximum Gasteiger partial charge on any atom is 0.697 e. The predicted octanol–water partition coefficient (Wildman–Crippen LogP) is 4.24. The lowest BCUT2D eigenvalue weighted by molar-refractivity contribution is 0.242. The smallest absolute Gasteiger partial charge is 0.119 e. The Labute approximate surface area is 112 Å². The molecule has 0 saturated heterocycles. The molecule has 6 nitrogen and oxygen atoms in total. The summed E-state index contributed by atoms with van der Waals surface area (Å²) >= 11 is 0. The van der Waals surface area contributed by atoms with Crippen LogP contribution >= 0.6 is 16.5 Å². The Bertz CT molecular complexity index is 165. The van der Waals surface area contributed by atoms with Crippen molar-refractivity contribution in [1.29, 1.82) is 0 Å². The van der Waals surface area contributed by atoms with Crippen molar-refractivity contribution in [2.75, 3.05) is 26.4 Å². The molecule has 108 valence electrons. The van der Waals surface area contributed by atoms with Crippen molar-refractivity contribution in [2.24, 2.45) is 0 Å². The Kier molecular flexibility index (Phi) is 28.0. The third-order valence-corrected chi connectivity index (χ3v) is 2.81. The summed E-state index contributed by atoms with van der Waals surface area (Å²) in [5.74, 6) is 0. The van der Waals surface area contributed by atoms with Gasteiger partial charge in [-0.3, -0.25) is 0 Å². The van der Waals surface area contributed by atoms with E-state index in [-0.39, 0.29) is 0 Å². The molecule has 0 aromatic carbocycles. The Morgan fingerprint density at radius 1 is 0.667 bits per heavy atom. The number of rotatable bonds is 8. The molecule has 0 bridgehead atoms. The van der Waals surface area contributed by atoms with Crippen molar-refractivity contribution in [3.05, 3.63) is 13.2 Å². The van der Waals surface area contributed by atoms with Gasteiger partial charge < -0.3 is 0 Å². The first-order chi connectivity index (χ1) is 8.62. The predicted molar refractivity (Wildman–Crippen MR) is 73.0 cm³/mol. The normalized spacial score (nSPS) is 8.44. The van der Waals surface area contributed by atoms with Crippen LogP contribution in [-0.2, 0) is 27.2 Å². The fourth-order valence-electron chi connectivity index (χ4n) is 0.496. The highest BCUT2D eigenvalue weighted by Crippen LogP contribution is 2.22. The molecule has 0 unspecified atom stereocenters. The lowest BCUT2D eigenvalue weighted by Crippen LogP contribution is -1.81. The molecule has 0 saturated carbocycles. The van der Waals surface area contributed by atoms with Crippen LogP contribution in [0, 0.1) is 0 Å². The van der Waals surface area contributed by atoms with Gasteiger partial charge in [0, 0.05) is 9.13 Å². The first-order valence-corrected chi connectivity index (χ1v) is 7.77. The van der Waals surface area contributed by atoms with Crippen LogP contribution in [0.1, 0.15) is 27.7 Å². The summed E-state index contributed by atoms with van der Waals surface area (Å²) in [6, 6.07) is 0. The van der Waals surface area contributed by atoms with Crippen LogP contribution in [0.3, 0.4) is 0 Å². The SMILES string of the molecule is C=C.CCO[P+](=O)OCC.CCO[P+](=O)OCC. The van der Waals surface area contributed by atoms with Gasteiger partial charge in [0.15, 0.2) is 0 Å². The van der Waals surface area contributed by atoms with E-state index in [1.165, 1.54) is 0 Å². The van der Waals surface area contributed by atoms with Crippen molar-refractivity contribution in [2.45, 2.75) is 27.7 Å². The lowest BCUT2D eigenvalue weighted by atomic mass is 10.9. The third kappa shape index (κ3) is 24.8. The second-order valence-electron chi connectivity index (χ2n) is 2.12. The van der Waals surface area contributed by atoms with Gasteiger partial charge in [-0.05, 0) is 27.7 Å². The first-order valence-electron chi connectivity index (χ1n) is 5.58. The van der Waals surface area contributed by atoms with Gasteiger partial charge in [-0.15, -0.1) is 31.3 Å². The summed E-state index contributed by atoms with van der Waals surface area (Å²) in [4.78, 5) is 0. The van der Waals surface area contributed by atoms with E-state index >= 15 is 0 Å². The third-order valence-electron chi connectivity index (χ3n) is 0.938. The van der Waals surface area contributed by atoms with Crippen molar-refractivity contribution >= 4 is 16.5 Å². The van der Waals surface area contributed by atoms with E-state index in [9.17, 15) is 9.13 Å². The van der Waals surface area contributed by atoms with Crippen LogP contribution in [0.4, 0.5) is 0 Å². The highest BCUT2D eigenvalue weighted by atomic mass is 31.1. The van der Waals surface area contributed by atoms with Gasteiger partial charge in [0.05, 0.1) is 0 Å². The molecule has 0 amide bonds. The molecule has 0 aliphatic carbocycles. The van der Waals surface area contributed by atoms with E-state index in [4.69, 9.17) is 0 Å². The van der Waals surface area contributed by atoms with Crippen LogP contribution in [0.25, 0.3) is 0 Å². The molecule has 0 aliphatic heterocycles. The average Bonchev–Trinajstić information content (AvgIpc) is 2.34. The van der Waals surface area contributed by atoms with Gasteiger partial charge in [-0.1, -0.05) is 0 Å². The van der Waals surface area contributed by atoms with E-state index < -0.39 is 16.5 Å². The van der Waals surface area contributed by atoms with Gasteiger partial charge in [0.2, 0.25) is 0 Å². The number of hydrogen-bond acceptors (Lipinski definition) is 6. The van der Waals surface area contributed by atoms with Crippen LogP contribution in [0.15, 0.2) is 13.2 Å². The van der Waals surface area contributed by atoms with Gasteiger partial charge in [0.25, 0.3) is 0 Å². The van der Waals surface area contributed by atoms with Crippen LogP contribution in [0.2, 0.25) is 0 Å². The fourth-order valence-corrected chi connectivity index (χ4v) is 1.49. The molecule has 0 heterocycles. The van der Waals surface area contributed by atoms with E-state index in [0.717, 1.165) is 0 Å². The molecule has 0 atom stereocenters.